The Hall–Kier alpha value is -2.21. The molecule has 0 radical (unpaired) electrons. The van der Waals surface area contributed by atoms with E-state index in [2.05, 4.69) is 4.74 Å². The Morgan fingerprint density at radius 2 is 1.83 bits per heavy atom. The van der Waals surface area contributed by atoms with Crippen LogP contribution in [0.15, 0.2) is 24.3 Å². The van der Waals surface area contributed by atoms with Gasteiger partial charge in [0.2, 0.25) is 12.2 Å². The van der Waals surface area contributed by atoms with E-state index in [1.54, 1.807) is 12.1 Å². The van der Waals surface area contributed by atoms with Gasteiger partial charge in [0, 0.05) is 0 Å². The molecule has 0 saturated carbocycles. The topological polar surface area (TPSA) is 89.9 Å². The molecule has 18 heavy (non-hydrogen) atoms. The summed E-state index contributed by atoms with van der Waals surface area (Å²) in [6.45, 7) is 1.85. The first-order chi connectivity index (χ1) is 8.49. The number of aryl methyl sites for hydroxylation is 1. The maximum Gasteiger partial charge on any atom is 0.358 e. The third-order valence-corrected chi connectivity index (χ3v) is 2.48. The highest BCUT2D eigenvalue weighted by atomic mass is 16.6. The molecule has 0 aliphatic carbocycles. The molecule has 0 spiro atoms. The minimum Gasteiger partial charge on any atom is -0.443 e. The average molecular weight is 250 g/mol. The number of aliphatic hydroxyl groups excluding tert-OH is 1. The SMILES string of the molecule is Cc1ccc(C(=O)O[C@@H]2C(=O)OC(=O)[C@H]2O)cc1. The summed E-state index contributed by atoms with van der Waals surface area (Å²) in [5, 5.41) is 9.30. The first kappa shape index (κ1) is 12.3. The maximum absolute atomic E-state index is 11.7. The van der Waals surface area contributed by atoms with Crippen LogP contribution in [0.1, 0.15) is 15.9 Å². The number of carbonyl (C=O) groups excluding carboxylic acids is 3. The highest BCUT2D eigenvalue weighted by Gasteiger charge is 2.46. The molecule has 1 saturated heterocycles. The molecule has 6 heteroatoms. The predicted molar refractivity (Wildman–Crippen MR) is 57.5 cm³/mol. The zero-order chi connectivity index (χ0) is 13.3. The quantitative estimate of drug-likeness (QED) is 0.585. The summed E-state index contributed by atoms with van der Waals surface area (Å²) in [4.78, 5) is 33.7. The van der Waals surface area contributed by atoms with E-state index in [-0.39, 0.29) is 5.56 Å². The van der Waals surface area contributed by atoms with Crippen molar-refractivity contribution in [2.75, 3.05) is 0 Å². The molecular weight excluding hydrogens is 240 g/mol. The van der Waals surface area contributed by atoms with E-state index in [1.807, 2.05) is 6.92 Å². The average Bonchev–Trinajstić information content (AvgIpc) is 2.57. The van der Waals surface area contributed by atoms with Crippen molar-refractivity contribution < 1.29 is 29.0 Å². The third kappa shape index (κ3) is 2.23. The number of esters is 3. The molecule has 0 unspecified atom stereocenters. The number of hydrogen-bond acceptors (Lipinski definition) is 6. The Labute approximate surface area is 102 Å². The molecule has 2 rings (SSSR count). The molecule has 1 heterocycles. The van der Waals surface area contributed by atoms with Gasteiger partial charge in [-0.25, -0.2) is 14.4 Å². The second-order valence-corrected chi connectivity index (χ2v) is 3.88. The van der Waals surface area contributed by atoms with Crippen LogP contribution in [0.25, 0.3) is 0 Å². The maximum atomic E-state index is 11.7. The molecule has 1 aliphatic heterocycles. The second kappa shape index (κ2) is 4.58. The van der Waals surface area contributed by atoms with E-state index in [9.17, 15) is 19.5 Å². The molecule has 94 valence electrons. The van der Waals surface area contributed by atoms with Crippen LogP contribution in [-0.2, 0) is 19.1 Å². The first-order valence-electron chi connectivity index (χ1n) is 5.20. The molecular formula is C12H10O6. The van der Waals surface area contributed by atoms with Gasteiger partial charge < -0.3 is 14.6 Å². The number of hydrogen-bond donors (Lipinski definition) is 1. The lowest BCUT2D eigenvalue weighted by atomic mass is 10.1. The van der Waals surface area contributed by atoms with Gasteiger partial charge in [-0.05, 0) is 19.1 Å². The normalized spacial score (nSPS) is 22.8. The molecule has 1 fully saturated rings. The molecule has 1 aliphatic rings. The van der Waals surface area contributed by atoms with E-state index < -0.39 is 30.1 Å². The van der Waals surface area contributed by atoms with Gasteiger partial charge >= 0.3 is 17.9 Å². The van der Waals surface area contributed by atoms with E-state index in [0.29, 0.717) is 0 Å². The van der Waals surface area contributed by atoms with Gasteiger partial charge in [-0.3, -0.25) is 0 Å². The summed E-state index contributed by atoms with van der Waals surface area (Å²) in [6.07, 6.45) is -3.35. The summed E-state index contributed by atoms with van der Waals surface area (Å²) < 4.78 is 8.88. The van der Waals surface area contributed by atoms with Crippen LogP contribution < -0.4 is 0 Å². The second-order valence-electron chi connectivity index (χ2n) is 3.88. The van der Waals surface area contributed by atoms with Crippen molar-refractivity contribution in [3.63, 3.8) is 0 Å². The predicted octanol–water partition coefficient (Wildman–Crippen LogP) is -0.0353. The van der Waals surface area contributed by atoms with Gasteiger partial charge in [0.25, 0.3) is 0 Å². The van der Waals surface area contributed by atoms with Crippen molar-refractivity contribution in [3.8, 4) is 0 Å². The standard InChI is InChI=1S/C12H10O6/c1-6-2-4-7(5-3-6)10(14)17-9-8(13)11(15)18-12(9)16/h2-5,8-9,13H,1H3/t8-,9-/m0/s1. The molecule has 0 aromatic heterocycles. The van der Waals surface area contributed by atoms with Gasteiger partial charge in [0.15, 0.2) is 0 Å². The Bertz CT molecular complexity index is 504. The molecule has 2 atom stereocenters. The lowest BCUT2D eigenvalue weighted by Crippen LogP contribution is -2.33. The lowest BCUT2D eigenvalue weighted by Gasteiger charge is -2.10. The Balaban J connectivity index is 2.10. The van der Waals surface area contributed by atoms with E-state index >= 15 is 0 Å². The zero-order valence-electron chi connectivity index (χ0n) is 9.45. The van der Waals surface area contributed by atoms with Crippen LogP contribution >= 0.6 is 0 Å². The van der Waals surface area contributed by atoms with Crippen molar-refractivity contribution in [1.82, 2.24) is 0 Å². The fraction of sp³-hybridized carbons (Fsp3) is 0.250. The summed E-state index contributed by atoms with van der Waals surface area (Å²) in [6, 6.07) is 6.44. The minimum atomic E-state index is -1.76. The molecule has 0 bridgehead atoms. The molecule has 1 aromatic carbocycles. The number of aliphatic hydroxyl groups is 1. The van der Waals surface area contributed by atoms with Crippen LogP contribution in [0.5, 0.6) is 0 Å². The molecule has 6 nitrogen and oxygen atoms in total. The van der Waals surface area contributed by atoms with E-state index in [1.165, 1.54) is 12.1 Å². The van der Waals surface area contributed by atoms with Crippen LogP contribution in [0.3, 0.4) is 0 Å². The lowest BCUT2D eigenvalue weighted by molar-refractivity contribution is -0.155. The van der Waals surface area contributed by atoms with Gasteiger partial charge in [-0.1, -0.05) is 17.7 Å². The van der Waals surface area contributed by atoms with Crippen LogP contribution in [0.4, 0.5) is 0 Å². The van der Waals surface area contributed by atoms with Gasteiger partial charge in [0.05, 0.1) is 5.56 Å². The van der Waals surface area contributed by atoms with Gasteiger partial charge in [-0.2, -0.15) is 0 Å². The smallest absolute Gasteiger partial charge is 0.358 e. The van der Waals surface area contributed by atoms with Crippen LogP contribution in [-0.4, -0.2) is 35.2 Å². The fourth-order valence-corrected chi connectivity index (χ4v) is 1.46. The van der Waals surface area contributed by atoms with Crippen molar-refractivity contribution in [2.45, 2.75) is 19.1 Å². The molecule has 0 amide bonds. The molecule has 1 N–H and O–H groups in total. The summed E-state index contributed by atoms with van der Waals surface area (Å²) in [7, 11) is 0. The number of ether oxygens (including phenoxy) is 2. The Kier molecular flexibility index (Phi) is 3.12. The Morgan fingerprint density at radius 3 is 2.33 bits per heavy atom. The number of carbonyl (C=O) groups is 3. The summed E-state index contributed by atoms with van der Waals surface area (Å²) in [5.74, 6) is -2.97. The highest BCUT2D eigenvalue weighted by Crippen LogP contribution is 2.15. The monoisotopic (exact) mass is 250 g/mol. The number of rotatable bonds is 2. The highest BCUT2D eigenvalue weighted by molar-refractivity contribution is 6.01. The number of cyclic esters (lactones) is 2. The van der Waals surface area contributed by atoms with Crippen molar-refractivity contribution >= 4 is 17.9 Å². The van der Waals surface area contributed by atoms with E-state index in [0.717, 1.165) is 5.56 Å². The summed E-state index contributed by atoms with van der Waals surface area (Å²) in [5.41, 5.74) is 1.18. The largest absolute Gasteiger partial charge is 0.443 e. The minimum absolute atomic E-state index is 0.222. The van der Waals surface area contributed by atoms with Crippen molar-refractivity contribution in [1.29, 1.82) is 0 Å². The van der Waals surface area contributed by atoms with Gasteiger partial charge in [-0.15, -0.1) is 0 Å². The fourth-order valence-electron chi connectivity index (χ4n) is 1.46. The third-order valence-electron chi connectivity index (χ3n) is 2.48. The van der Waals surface area contributed by atoms with Crippen molar-refractivity contribution in [2.24, 2.45) is 0 Å². The van der Waals surface area contributed by atoms with Crippen LogP contribution in [0, 0.1) is 6.92 Å². The summed E-state index contributed by atoms with van der Waals surface area (Å²) >= 11 is 0. The van der Waals surface area contributed by atoms with Crippen LogP contribution in [0.2, 0.25) is 0 Å². The first-order valence-corrected chi connectivity index (χ1v) is 5.20. The zero-order valence-corrected chi connectivity index (χ0v) is 9.45. The van der Waals surface area contributed by atoms with Crippen molar-refractivity contribution in [3.05, 3.63) is 35.4 Å². The molecule has 1 aromatic rings. The van der Waals surface area contributed by atoms with E-state index in [4.69, 9.17) is 4.74 Å². The number of benzene rings is 1. The Morgan fingerprint density at radius 1 is 1.22 bits per heavy atom. The van der Waals surface area contributed by atoms with Gasteiger partial charge in [0.1, 0.15) is 0 Å².